The molecule has 2 N–H and O–H groups in total. The topological polar surface area (TPSA) is 74.6 Å². The van der Waals surface area contributed by atoms with Crippen LogP contribution in [0.15, 0.2) is 48.5 Å². The van der Waals surface area contributed by atoms with Crippen molar-refractivity contribution >= 4 is 11.9 Å². The van der Waals surface area contributed by atoms with Crippen molar-refractivity contribution in [1.82, 2.24) is 0 Å². The average molecular weight is 256 g/mol. The fourth-order valence-corrected chi connectivity index (χ4v) is 1.92. The maximum atomic E-state index is 11.3. The number of carboxylic acids is 2. The molecule has 2 aromatic rings. The van der Waals surface area contributed by atoms with Gasteiger partial charge in [-0.1, -0.05) is 42.5 Å². The van der Waals surface area contributed by atoms with Crippen molar-refractivity contribution < 1.29 is 19.8 Å². The molecule has 0 aliphatic heterocycles. The number of aromatic carboxylic acids is 1. The molecule has 0 atom stereocenters. The smallest absolute Gasteiger partial charge is 0.336 e. The zero-order chi connectivity index (χ0) is 13.8. The first-order valence-corrected chi connectivity index (χ1v) is 5.71. The van der Waals surface area contributed by atoms with E-state index < -0.39 is 11.9 Å². The third-order valence-electron chi connectivity index (χ3n) is 2.75. The van der Waals surface area contributed by atoms with Crippen LogP contribution in [0.3, 0.4) is 0 Å². The number of carboxylic acid groups (broad SMARTS) is 2. The number of carbonyl (C=O) groups is 2. The Morgan fingerprint density at radius 3 is 2.21 bits per heavy atom. The van der Waals surface area contributed by atoms with E-state index in [-0.39, 0.29) is 12.0 Å². The van der Waals surface area contributed by atoms with Gasteiger partial charge in [0.15, 0.2) is 0 Å². The lowest BCUT2D eigenvalue weighted by molar-refractivity contribution is -0.136. The van der Waals surface area contributed by atoms with E-state index in [4.69, 9.17) is 5.11 Å². The second-order valence-corrected chi connectivity index (χ2v) is 4.12. The number of aliphatic carboxylic acids is 1. The standard InChI is InChI=1S/C15H12O4/c16-14(17)9-10-6-7-12(13(8-10)15(18)19)11-4-2-1-3-5-11/h1-8H,9H2,(H,16,17)(H,18,19). The molecule has 2 rings (SSSR count). The Kier molecular flexibility index (Phi) is 3.61. The zero-order valence-electron chi connectivity index (χ0n) is 10.0. The summed E-state index contributed by atoms with van der Waals surface area (Å²) in [7, 11) is 0. The summed E-state index contributed by atoms with van der Waals surface area (Å²) in [6, 6.07) is 13.8. The summed E-state index contributed by atoms with van der Waals surface area (Å²) in [5, 5.41) is 18.0. The maximum Gasteiger partial charge on any atom is 0.336 e. The fraction of sp³-hybridized carbons (Fsp3) is 0.0667. The van der Waals surface area contributed by atoms with Crippen LogP contribution >= 0.6 is 0 Å². The van der Waals surface area contributed by atoms with E-state index in [0.717, 1.165) is 5.56 Å². The second kappa shape index (κ2) is 5.35. The van der Waals surface area contributed by atoms with E-state index in [2.05, 4.69) is 0 Å². The molecule has 0 saturated carbocycles. The van der Waals surface area contributed by atoms with Crippen molar-refractivity contribution in [3.63, 3.8) is 0 Å². The van der Waals surface area contributed by atoms with Crippen molar-refractivity contribution in [2.24, 2.45) is 0 Å². The van der Waals surface area contributed by atoms with Crippen LogP contribution in [0.5, 0.6) is 0 Å². The minimum atomic E-state index is -1.06. The Hall–Kier alpha value is -2.62. The van der Waals surface area contributed by atoms with Gasteiger partial charge in [-0.25, -0.2) is 4.79 Å². The number of hydrogen-bond donors (Lipinski definition) is 2. The molecule has 19 heavy (non-hydrogen) atoms. The Labute approximate surface area is 109 Å². The zero-order valence-corrected chi connectivity index (χ0v) is 10.0. The quantitative estimate of drug-likeness (QED) is 0.881. The van der Waals surface area contributed by atoms with Gasteiger partial charge in [-0.05, 0) is 22.8 Å². The molecule has 0 radical (unpaired) electrons. The third kappa shape index (κ3) is 2.98. The van der Waals surface area contributed by atoms with E-state index in [1.165, 1.54) is 6.07 Å². The monoisotopic (exact) mass is 256 g/mol. The molecule has 4 heteroatoms. The number of hydrogen-bond acceptors (Lipinski definition) is 2. The molecule has 2 aromatic carbocycles. The van der Waals surface area contributed by atoms with Gasteiger partial charge < -0.3 is 10.2 Å². The van der Waals surface area contributed by atoms with Crippen LogP contribution in [0.1, 0.15) is 15.9 Å². The van der Waals surface area contributed by atoms with Gasteiger partial charge in [-0.3, -0.25) is 4.79 Å². The van der Waals surface area contributed by atoms with Crippen LogP contribution in [0.4, 0.5) is 0 Å². The highest BCUT2D eigenvalue weighted by atomic mass is 16.4. The normalized spacial score (nSPS) is 10.1. The second-order valence-electron chi connectivity index (χ2n) is 4.12. The summed E-state index contributed by atoms with van der Waals surface area (Å²) < 4.78 is 0. The molecule has 0 unspecified atom stereocenters. The van der Waals surface area contributed by atoms with E-state index in [9.17, 15) is 14.7 Å². The van der Waals surface area contributed by atoms with Crippen LogP contribution in [-0.2, 0) is 11.2 Å². The summed E-state index contributed by atoms with van der Waals surface area (Å²) in [4.78, 5) is 21.9. The van der Waals surface area contributed by atoms with E-state index in [1.54, 1.807) is 12.1 Å². The van der Waals surface area contributed by atoms with Crippen molar-refractivity contribution in [2.75, 3.05) is 0 Å². The molecular weight excluding hydrogens is 244 g/mol. The van der Waals surface area contributed by atoms with Crippen LogP contribution in [0.25, 0.3) is 11.1 Å². The molecule has 0 bridgehead atoms. The van der Waals surface area contributed by atoms with Gasteiger partial charge in [0, 0.05) is 0 Å². The van der Waals surface area contributed by atoms with Gasteiger partial charge in [0.1, 0.15) is 0 Å². The van der Waals surface area contributed by atoms with E-state index >= 15 is 0 Å². The van der Waals surface area contributed by atoms with Gasteiger partial charge in [0.05, 0.1) is 12.0 Å². The largest absolute Gasteiger partial charge is 0.481 e. The number of benzene rings is 2. The highest BCUT2D eigenvalue weighted by molar-refractivity contribution is 5.96. The van der Waals surface area contributed by atoms with Crippen LogP contribution < -0.4 is 0 Å². The molecule has 0 amide bonds. The predicted molar refractivity (Wildman–Crippen MR) is 70.2 cm³/mol. The summed E-state index contributed by atoms with van der Waals surface area (Å²) in [6.45, 7) is 0. The molecule has 0 saturated heterocycles. The first-order valence-electron chi connectivity index (χ1n) is 5.71. The summed E-state index contributed by atoms with van der Waals surface area (Å²) >= 11 is 0. The predicted octanol–water partition coefficient (Wildman–Crippen LogP) is 2.68. The van der Waals surface area contributed by atoms with Gasteiger partial charge in [0.25, 0.3) is 0 Å². The number of rotatable bonds is 4. The minimum absolute atomic E-state index is 0.116. The van der Waals surface area contributed by atoms with Gasteiger partial charge in [0.2, 0.25) is 0 Å². The lowest BCUT2D eigenvalue weighted by Crippen LogP contribution is -2.04. The Bertz CT molecular complexity index is 617. The van der Waals surface area contributed by atoms with Gasteiger partial charge in [-0.15, -0.1) is 0 Å². The fourth-order valence-electron chi connectivity index (χ4n) is 1.92. The molecular formula is C15H12O4. The maximum absolute atomic E-state index is 11.3. The summed E-state index contributed by atoms with van der Waals surface area (Å²) in [5.74, 6) is -2.05. The van der Waals surface area contributed by atoms with Crippen LogP contribution in [0.2, 0.25) is 0 Å². The highest BCUT2D eigenvalue weighted by Crippen LogP contribution is 2.25. The van der Waals surface area contributed by atoms with Crippen LogP contribution in [-0.4, -0.2) is 22.2 Å². The molecule has 0 aliphatic rings. The van der Waals surface area contributed by atoms with Gasteiger partial charge in [-0.2, -0.15) is 0 Å². The Morgan fingerprint density at radius 1 is 0.947 bits per heavy atom. The van der Waals surface area contributed by atoms with Crippen molar-refractivity contribution in [3.05, 3.63) is 59.7 Å². The molecule has 0 aromatic heterocycles. The first-order chi connectivity index (χ1) is 9.08. The molecule has 0 fully saturated rings. The Balaban J connectivity index is 2.50. The minimum Gasteiger partial charge on any atom is -0.481 e. The van der Waals surface area contributed by atoms with Crippen molar-refractivity contribution in [1.29, 1.82) is 0 Å². The van der Waals surface area contributed by atoms with Crippen LogP contribution in [0, 0.1) is 0 Å². The third-order valence-corrected chi connectivity index (χ3v) is 2.75. The molecule has 4 nitrogen and oxygen atoms in total. The van der Waals surface area contributed by atoms with Crippen molar-refractivity contribution in [3.8, 4) is 11.1 Å². The average Bonchev–Trinajstić information content (AvgIpc) is 2.39. The molecule has 0 spiro atoms. The highest BCUT2D eigenvalue weighted by Gasteiger charge is 2.13. The summed E-state index contributed by atoms with van der Waals surface area (Å²) in [5.41, 5.74) is 1.97. The summed E-state index contributed by atoms with van der Waals surface area (Å²) in [6.07, 6.45) is -0.185. The SMILES string of the molecule is O=C(O)Cc1ccc(-c2ccccc2)c(C(=O)O)c1. The van der Waals surface area contributed by atoms with Crippen molar-refractivity contribution in [2.45, 2.75) is 6.42 Å². The lowest BCUT2D eigenvalue weighted by Gasteiger charge is -2.08. The first kappa shape index (κ1) is 12.8. The molecule has 96 valence electrons. The van der Waals surface area contributed by atoms with Gasteiger partial charge >= 0.3 is 11.9 Å². The Morgan fingerprint density at radius 2 is 1.63 bits per heavy atom. The lowest BCUT2D eigenvalue weighted by atomic mass is 9.96. The van der Waals surface area contributed by atoms with E-state index in [1.807, 2.05) is 30.3 Å². The van der Waals surface area contributed by atoms with E-state index in [0.29, 0.717) is 11.1 Å². The molecule has 0 heterocycles. The molecule has 0 aliphatic carbocycles.